The van der Waals surface area contributed by atoms with Crippen molar-refractivity contribution in [2.45, 2.75) is 11.4 Å². The summed E-state index contributed by atoms with van der Waals surface area (Å²) >= 11 is 1.67. The van der Waals surface area contributed by atoms with Gasteiger partial charge >= 0.3 is 0 Å². The second-order valence-corrected chi connectivity index (χ2v) is 10.3. The number of fused-ring (bicyclic) bond motifs is 1. The van der Waals surface area contributed by atoms with Gasteiger partial charge in [-0.15, -0.1) is 0 Å². The Balaban J connectivity index is 1.26. The molecule has 0 amide bonds. The number of furan rings is 1. The monoisotopic (exact) mass is 456 g/mol. The van der Waals surface area contributed by atoms with E-state index < -0.39 is 15.8 Å². The Labute approximate surface area is 184 Å². The van der Waals surface area contributed by atoms with Crippen molar-refractivity contribution in [2.24, 2.45) is 0 Å². The Morgan fingerprint density at radius 2 is 1.81 bits per heavy atom. The third kappa shape index (κ3) is 4.16. The maximum atomic E-state index is 13.5. The Kier molecular flexibility index (Phi) is 5.39. The average Bonchev–Trinajstić information content (AvgIpc) is 3.43. The molecule has 0 N–H and O–H groups in total. The minimum atomic E-state index is -3.68. The lowest BCUT2D eigenvalue weighted by Gasteiger charge is -2.33. The highest BCUT2D eigenvalue weighted by Crippen LogP contribution is 2.29. The van der Waals surface area contributed by atoms with Gasteiger partial charge < -0.3 is 4.42 Å². The molecule has 1 aliphatic rings. The summed E-state index contributed by atoms with van der Waals surface area (Å²) in [6.07, 6.45) is 0. The van der Waals surface area contributed by atoms with E-state index in [0.29, 0.717) is 32.7 Å². The van der Waals surface area contributed by atoms with E-state index in [0.717, 1.165) is 28.4 Å². The summed E-state index contributed by atoms with van der Waals surface area (Å²) in [6.45, 7) is 2.52. The zero-order valence-corrected chi connectivity index (χ0v) is 18.3. The first-order valence-electron chi connectivity index (χ1n) is 10.0. The van der Waals surface area contributed by atoms with Gasteiger partial charge in [-0.1, -0.05) is 12.1 Å². The number of hydrogen-bond acceptors (Lipinski definition) is 5. The van der Waals surface area contributed by atoms with Crippen LogP contribution in [0.1, 0.15) is 5.76 Å². The summed E-state index contributed by atoms with van der Waals surface area (Å²) in [5, 5.41) is 5.25. The van der Waals surface area contributed by atoms with Gasteiger partial charge in [-0.2, -0.15) is 15.6 Å². The fourth-order valence-corrected chi connectivity index (χ4v) is 6.03. The summed E-state index contributed by atoms with van der Waals surface area (Å²) in [6, 6.07) is 15.5. The summed E-state index contributed by atoms with van der Waals surface area (Å²) in [5.74, 6) is 0.311. The van der Waals surface area contributed by atoms with Crippen LogP contribution >= 0.6 is 11.3 Å². The Morgan fingerprint density at radius 1 is 0.968 bits per heavy atom. The fourth-order valence-electron chi connectivity index (χ4n) is 3.91. The summed E-state index contributed by atoms with van der Waals surface area (Å²) < 4.78 is 46.4. The summed E-state index contributed by atoms with van der Waals surface area (Å²) in [5.41, 5.74) is 3.21. The highest BCUT2D eigenvalue weighted by Gasteiger charge is 2.29. The summed E-state index contributed by atoms with van der Waals surface area (Å²) in [4.78, 5) is 2.18. The molecule has 31 heavy (non-hydrogen) atoms. The van der Waals surface area contributed by atoms with Crippen molar-refractivity contribution in [1.29, 1.82) is 0 Å². The number of sulfonamides is 1. The van der Waals surface area contributed by atoms with Crippen LogP contribution in [0.25, 0.3) is 22.1 Å². The zero-order chi connectivity index (χ0) is 21.4. The van der Waals surface area contributed by atoms with Crippen LogP contribution in [0, 0.1) is 5.82 Å². The van der Waals surface area contributed by atoms with Gasteiger partial charge in [-0.25, -0.2) is 12.8 Å². The van der Waals surface area contributed by atoms with Crippen LogP contribution in [0.4, 0.5) is 4.39 Å². The molecule has 0 bridgehead atoms. The maximum absolute atomic E-state index is 13.5. The SMILES string of the molecule is O=S(=O)(c1cccc(F)c1)N1CCN(Cc2cc3cc(-c4ccsc4)ccc3o2)CC1. The largest absolute Gasteiger partial charge is 0.460 e. The molecule has 0 atom stereocenters. The van der Waals surface area contributed by atoms with Crippen LogP contribution in [0.3, 0.4) is 0 Å². The third-order valence-electron chi connectivity index (χ3n) is 5.57. The van der Waals surface area contributed by atoms with E-state index in [4.69, 9.17) is 4.42 Å². The van der Waals surface area contributed by atoms with Crippen molar-refractivity contribution >= 4 is 32.3 Å². The van der Waals surface area contributed by atoms with E-state index in [1.54, 1.807) is 11.3 Å². The molecule has 0 radical (unpaired) electrons. The van der Waals surface area contributed by atoms with Crippen molar-refractivity contribution in [3.63, 3.8) is 0 Å². The van der Waals surface area contributed by atoms with Gasteiger partial charge in [0.25, 0.3) is 0 Å². The van der Waals surface area contributed by atoms with E-state index in [-0.39, 0.29) is 4.90 Å². The van der Waals surface area contributed by atoms with Gasteiger partial charge in [0, 0.05) is 31.6 Å². The molecule has 0 aliphatic carbocycles. The molecule has 4 aromatic rings. The number of nitrogens with zero attached hydrogens (tertiary/aromatic N) is 2. The van der Waals surface area contributed by atoms with E-state index in [1.807, 2.05) is 6.07 Å². The Hall–Kier alpha value is -2.52. The standard InChI is InChI=1S/C23H21FN2O3S2/c24-20-2-1-3-22(14-20)31(27,28)26-9-7-25(8-10-26)15-21-13-19-12-17(4-5-23(19)29-21)18-6-11-30-16-18/h1-6,11-14,16H,7-10,15H2. The van der Waals surface area contributed by atoms with Crippen molar-refractivity contribution < 1.29 is 17.2 Å². The highest BCUT2D eigenvalue weighted by atomic mass is 32.2. The van der Waals surface area contributed by atoms with Gasteiger partial charge in [0.2, 0.25) is 10.0 Å². The topological polar surface area (TPSA) is 53.8 Å². The molecule has 0 spiro atoms. The Bertz CT molecular complexity index is 1310. The third-order valence-corrected chi connectivity index (χ3v) is 8.14. The number of halogens is 1. The molecule has 2 aromatic heterocycles. The predicted molar refractivity (Wildman–Crippen MR) is 120 cm³/mol. The van der Waals surface area contributed by atoms with Gasteiger partial charge in [-0.3, -0.25) is 4.90 Å². The summed E-state index contributed by atoms with van der Waals surface area (Å²) in [7, 11) is -3.68. The number of hydrogen-bond donors (Lipinski definition) is 0. The zero-order valence-electron chi connectivity index (χ0n) is 16.7. The van der Waals surface area contributed by atoms with E-state index in [2.05, 4.69) is 39.9 Å². The number of benzene rings is 2. The second kappa shape index (κ2) is 8.20. The van der Waals surface area contributed by atoms with Crippen molar-refractivity contribution in [3.05, 3.63) is 76.9 Å². The molecular formula is C23H21FN2O3S2. The highest BCUT2D eigenvalue weighted by molar-refractivity contribution is 7.89. The molecular weight excluding hydrogens is 435 g/mol. The first-order valence-corrected chi connectivity index (χ1v) is 12.4. The first-order chi connectivity index (χ1) is 15.0. The number of rotatable bonds is 5. The fraction of sp³-hybridized carbons (Fsp3) is 0.217. The minimum Gasteiger partial charge on any atom is -0.460 e. The molecule has 2 aromatic carbocycles. The van der Waals surface area contributed by atoms with Gasteiger partial charge in [0.05, 0.1) is 11.4 Å². The molecule has 1 fully saturated rings. The van der Waals surface area contributed by atoms with Crippen LogP contribution < -0.4 is 0 Å². The molecule has 5 rings (SSSR count). The molecule has 160 valence electrons. The average molecular weight is 457 g/mol. The lowest BCUT2D eigenvalue weighted by molar-refractivity contribution is 0.172. The van der Waals surface area contributed by atoms with Crippen LogP contribution in [-0.4, -0.2) is 43.8 Å². The van der Waals surface area contributed by atoms with Crippen molar-refractivity contribution in [3.8, 4) is 11.1 Å². The van der Waals surface area contributed by atoms with Gasteiger partial charge in [0.1, 0.15) is 17.2 Å². The molecule has 5 nitrogen and oxygen atoms in total. The van der Waals surface area contributed by atoms with Crippen molar-refractivity contribution in [2.75, 3.05) is 26.2 Å². The van der Waals surface area contributed by atoms with Crippen LogP contribution in [0.5, 0.6) is 0 Å². The first kappa shape index (κ1) is 20.4. The van der Waals surface area contributed by atoms with Crippen molar-refractivity contribution in [1.82, 2.24) is 9.21 Å². The normalized spacial score (nSPS) is 16.2. The van der Waals surface area contributed by atoms with Crippen LogP contribution in [0.15, 0.2) is 74.7 Å². The molecule has 3 heterocycles. The minimum absolute atomic E-state index is 0.000314. The van der Waals surface area contributed by atoms with E-state index >= 15 is 0 Å². The number of piperazine rings is 1. The maximum Gasteiger partial charge on any atom is 0.243 e. The molecule has 0 unspecified atom stereocenters. The molecule has 1 saturated heterocycles. The molecule has 1 aliphatic heterocycles. The van der Waals surface area contributed by atoms with Crippen LogP contribution in [-0.2, 0) is 16.6 Å². The lowest BCUT2D eigenvalue weighted by Crippen LogP contribution is -2.48. The quantitative estimate of drug-likeness (QED) is 0.433. The van der Waals surface area contributed by atoms with E-state index in [1.165, 1.54) is 28.1 Å². The predicted octanol–water partition coefficient (Wildman–Crippen LogP) is 4.81. The molecule has 8 heteroatoms. The smallest absolute Gasteiger partial charge is 0.243 e. The second-order valence-electron chi connectivity index (χ2n) is 7.61. The van der Waals surface area contributed by atoms with Gasteiger partial charge in [0.15, 0.2) is 0 Å². The Morgan fingerprint density at radius 3 is 2.55 bits per heavy atom. The lowest BCUT2D eigenvalue weighted by atomic mass is 10.1. The molecule has 0 saturated carbocycles. The number of thiophene rings is 1. The van der Waals surface area contributed by atoms with Gasteiger partial charge in [-0.05, 0) is 64.4 Å². The van der Waals surface area contributed by atoms with Crippen LogP contribution in [0.2, 0.25) is 0 Å². The van der Waals surface area contributed by atoms with E-state index in [9.17, 15) is 12.8 Å².